The van der Waals surface area contributed by atoms with Gasteiger partial charge in [0.15, 0.2) is 0 Å². The molecule has 0 aromatic heterocycles. The van der Waals surface area contributed by atoms with E-state index in [1.807, 2.05) is 13.8 Å². The predicted molar refractivity (Wildman–Crippen MR) is 67.2 cm³/mol. The van der Waals surface area contributed by atoms with Gasteiger partial charge in [-0.3, -0.25) is 4.79 Å². The Kier molecular flexibility index (Phi) is 4.31. The molecular weight excluding hydrogens is 221 g/mol. The molecule has 0 heterocycles. The highest BCUT2D eigenvalue weighted by molar-refractivity contribution is 5.85. The van der Waals surface area contributed by atoms with Crippen molar-refractivity contribution in [2.75, 3.05) is 11.1 Å². The number of nitrogen functional groups attached to an aromatic ring is 1. The summed E-state index contributed by atoms with van der Waals surface area (Å²) in [7, 11) is 0. The van der Waals surface area contributed by atoms with Crippen molar-refractivity contribution in [1.29, 1.82) is 0 Å². The monoisotopic (exact) mass is 239 g/mol. The summed E-state index contributed by atoms with van der Waals surface area (Å²) in [5, 5.41) is 5.72. The average Bonchev–Trinajstić information content (AvgIpc) is 2.21. The van der Waals surface area contributed by atoms with Crippen LogP contribution in [-0.2, 0) is 4.79 Å². The van der Waals surface area contributed by atoms with Gasteiger partial charge in [-0.2, -0.15) is 0 Å². The molecule has 4 N–H and O–H groups in total. The van der Waals surface area contributed by atoms with Gasteiger partial charge in [0.25, 0.3) is 0 Å². The molecule has 0 spiro atoms. The van der Waals surface area contributed by atoms with Gasteiger partial charge in [-0.15, -0.1) is 0 Å². The van der Waals surface area contributed by atoms with Crippen molar-refractivity contribution in [2.24, 2.45) is 0 Å². The van der Waals surface area contributed by atoms with Gasteiger partial charge in [0.2, 0.25) is 5.91 Å². The standard InChI is InChI=1S/C12H18FN3O/c1-7(2)15-12(17)8(3)16-11-5-4-9(13)6-10(11)14/h4-8,16H,14H2,1-3H3,(H,15,17). The first-order chi connectivity index (χ1) is 7.90. The third kappa shape index (κ3) is 3.94. The summed E-state index contributed by atoms with van der Waals surface area (Å²) in [5.74, 6) is -0.518. The molecule has 1 aromatic carbocycles. The SMILES string of the molecule is CC(C)NC(=O)C(C)Nc1ccc(F)cc1N. The van der Waals surface area contributed by atoms with Crippen LogP contribution in [0.1, 0.15) is 20.8 Å². The van der Waals surface area contributed by atoms with Gasteiger partial charge in [0, 0.05) is 6.04 Å². The number of anilines is 2. The van der Waals surface area contributed by atoms with Crippen LogP contribution in [0.4, 0.5) is 15.8 Å². The van der Waals surface area contributed by atoms with Crippen molar-refractivity contribution in [1.82, 2.24) is 5.32 Å². The largest absolute Gasteiger partial charge is 0.397 e. The van der Waals surface area contributed by atoms with Crippen molar-refractivity contribution >= 4 is 17.3 Å². The third-order valence-corrected chi connectivity index (χ3v) is 2.21. The Morgan fingerprint density at radius 3 is 2.53 bits per heavy atom. The molecule has 0 saturated carbocycles. The number of nitrogens with one attached hydrogen (secondary N) is 2. The lowest BCUT2D eigenvalue weighted by molar-refractivity contribution is -0.122. The van der Waals surface area contributed by atoms with E-state index in [4.69, 9.17) is 5.73 Å². The maximum atomic E-state index is 12.8. The number of carbonyl (C=O) groups is 1. The van der Waals surface area contributed by atoms with Crippen molar-refractivity contribution in [3.8, 4) is 0 Å². The van der Waals surface area contributed by atoms with Gasteiger partial charge in [-0.25, -0.2) is 4.39 Å². The number of carbonyl (C=O) groups excluding carboxylic acids is 1. The number of amides is 1. The molecule has 0 radical (unpaired) electrons. The van der Waals surface area contributed by atoms with Gasteiger partial charge in [-0.05, 0) is 39.0 Å². The fourth-order valence-electron chi connectivity index (χ4n) is 1.37. The molecule has 0 bridgehead atoms. The first kappa shape index (κ1) is 13.3. The molecule has 0 fully saturated rings. The maximum Gasteiger partial charge on any atom is 0.242 e. The quantitative estimate of drug-likeness (QED) is 0.701. The Morgan fingerprint density at radius 1 is 1.35 bits per heavy atom. The molecule has 94 valence electrons. The van der Waals surface area contributed by atoms with Crippen molar-refractivity contribution in [3.63, 3.8) is 0 Å². The highest BCUT2D eigenvalue weighted by Gasteiger charge is 2.14. The van der Waals surface area contributed by atoms with Crippen molar-refractivity contribution < 1.29 is 9.18 Å². The zero-order chi connectivity index (χ0) is 13.0. The van der Waals surface area contributed by atoms with Crippen LogP contribution < -0.4 is 16.4 Å². The van der Waals surface area contributed by atoms with Crippen LogP contribution in [0, 0.1) is 5.82 Å². The Balaban J connectivity index is 2.67. The van der Waals surface area contributed by atoms with Crippen molar-refractivity contribution in [2.45, 2.75) is 32.9 Å². The summed E-state index contributed by atoms with van der Waals surface area (Å²) in [6.07, 6.45) is 0. The molecule has 17 heavy (non-hydrogen) atoms. The Bertz CT molecular complexity index is 407. The Morgan fingerprint density at radius 2 is 2.00 bits per heavy atom. The average molecular weight is 239 g/mol. The first-order valence-corrected chi connectivity index (χ1v) is 5.52. The van der Waals surface area contributed by atoms with Gasteiger partial charge in [-0.1, -0.05) is 0 Å². The summed E-state index contributed by atoms with van der Waals surface area (Å²) >= 11 is 0. The van der Waals surface area contributed by atoms with E-state index >= 15 is 0 Å². The topological polar surface area (TPSA) is 67.2 Å². The molecule has 1 atom stereocenters. The summed E-state index contributed by atoms with van der Waals surface area (Å²) in [6, 6.07) is 3.69. The lowest BCUT2D eigenvalue weighted by Gasteiger charge is -2.18. The molecule has 0 aliphatic rings. The smallest absolute Gasteiger partial charge is 0.242 e. The number of nitrogens with two attached hydrogens (primary N) is 1. The van der Waals surface area contributed by atoms with E-state index < -0.39 is 11.9 Å². The fourth-order valence-corrected chi connectivity index (χ4v) is 1.37. The second-order valence-corrected chi connectivity index (χ2v) is 4.26. The van der Waals surface area contributed by atoms with Crippen LogP contribution in [-0.4, -0.2) is 18.0 Å². The number of halogens is 1. The van der Waals surface area contributed by atoms with Crippen LogP contribution in [0.3, 0.4) is 0 Å². The molecule has 0 aliphatic heterocycles. The number of hydrogen-bond acceptors (Lipinski definition) is 3. The molecular formula is C12H18FN3O. The van der Waals surface area contributed by atoms with E-state index in [0.717, 1.165) is 0 Å². The molecule has 5 heteroatoms. The Hall–Kier alpha value is -1.78. The summed E-state index contributed by atoms with van der Waals surface area (Å²) in [5.41, 5.74) is 6.48. The zero-order valence-electron chi connectivity index (χ0n) is 10.3. The summed E-state index contributed by atoms with van der Waals surface area (Å²) in [4.78, 5) is 11.6. The third-order valence-electron chi connectivity index (χ3n) is 2.21. The highest BCUT2D eigenvalue weighted by Crippen LogP contribution is 2.19. The van der Waals surface area contributed by atoms with E-state index in [0.29, 0.717) is 5.69 Å². The molecule has 1 rings (SSSR count). The lowest BCUT2D eigenvalue weighted by atomic mass is 10.2. The molecule has 0 aliphatic carbocycles. The van der Waals surface area contributed by atoms with Crippen LogP contribution >= 0.6 is 0 Å². The minimum Gasteiger partial charge on any atom is -0.397 e. The van der Waals surface area contributed by atoms with Crippen LogP contribution in [0.2, 0.25) is 0 Å². The van der Waals surface area contributed by atoms with E-state index in [2.05, 4.69) is 10.6 Å². The van der Waals surface area contributed by atoms with E-state index in [1.165, 1.54) is 18.2 Å². The lowest BCUT2D eigenvalue weighted by Crippen LogP contribution is -2.41. The predicted octanol–water partition coefficient (Wildman–Crippen LogP) is 1.73. The van der Waals surface area contributed by atoms with Gasteiger partial charge < -0.3 is 16.4 Å². The van der Waals surface area contributed by atoms with Crippen LogP contribution in [0.25, 0.3) is 0 Å². The minimum atomic E-state index is -0.426. The second-order valence-electron chi connectivity index (χ2n) is 4.26. The van der Waals surface area contributed by atoms with E-state index in [1.54, 1.807) is 6.92 Å². The minimum absolute atomic E-state index is 0.0808. The highest BCUT2D eigenvalue weighted by atomic mass is 19.1. The van der Waals surface area contributed by atoms with E-state index in [-0.39, 0.29) is 17.6 Å². The molecule has 1 amide bonds. The van der Waals surface area contributed by atoms with E-state index in [9.17, 15) is 9.18 Å². The summed E-state index contributed by atoms with van der Waals surface area (Å²) in [6.45, 7) is 5.49. The van der Waals surface area contributed by atoms with Gasteiger partial charge >= 0.3 is 0 Å². The van der Waals surface area contributed by atoms with Crippen molar-refractivity contribution in [3.05, 3.63) is 24.0 Å². The summed E-state index contributed by atoms with van der Waals surface area (Å²) < 4.78 is 12.8. The van der Waals surface area contributed by atoms with Gasteiger partial charge in [0.05, 0.1) is 11.4 Å². The van der Waals surface area contributed by atoms with Crippen LogP contribution in [0.15, 0.2) is 18.2 Å². The Labute approximate surface area is 100 Å². The molecule has 4 nitrogen and oxygen atoms in total. The maximum absolute atomic E-state index is 12.8. The first-order valence-electron chi connectivity index (χ1n) is 5.52. The normalized spacial score (nSPS) is 12.3. The molecule has 0 saturated heterocycles. The zero-order valence-corrected chi connectivity index (χ0v) is 10.3. The number of rotatable bonds is 4. The van der Waals surface area contributed by atoms with Gasteiger partial charge in [0.1, 0.15) is 11.9 Å². The second kappa shape index (κ2) is 5.52. The number of benzene rings is 1. The molecule has 1 unspecified atom stereocenters. The fraction of sp³-hybridized carbons (Fsp3) is 0.417. The van der Waals surface area contributed by atoms with Crippen LogP contribution in [0.5, 0.6) is 0 Å². The molecule has 1 aromatic rings. The number of hydrogen-bond donors (Lipinski definition) is 3.